The molecule has 0 radical (unpaired) electrons. The van der Waals surface area contributed by atoms with Crippen LogP contribution in [0.4, 0.5) is 0 Å². The number of thiazole rings is 1. The molecule has 1 aromatic carbocycles. The highest BCUT2D eigenvalue weighted by Gasteiger charge is 2.27. The van der Waals surface area contributed by atoms with Gasteiger partial charge in [0.25, 0.3) is 0 Å². The molecule has 0 bridgehead atoms. The maximum atomic E-state index is 12.3. The number of carbonyl (C=O) groups is 2. The number of nitrogens with one attached hydrogen (secondary N) is 1. The van der Waals surface area contributed by atoms with Gasteiger partial charge in [0.1, 0.15) is 5.01 Å². The Kier molecular flexibility index (Phi) is 4.92. The van der Waals surface area contributed by atoms with Crippen LogP contribution in [0.25, 0.3) is 0 Å². The molecule has 0 saturated heterocycles. The monoisotopic (exact) mass is 318 g/mol. The molecule has 0 spiro atoms. The fraction of sp³-hybridized carbons (Fsp3) is 0.312. The van der Waals surface area contributed by atoms with Crippen LogP contribution in [0.15, 0.2) is 35.7 Å². The molecule has 2 rings (SSSR count). The van der Waals surface area contributed by atoms with E-state index in [9.17, 15) is 9.59 Å². The van der Waals surface area contributed by atoms with Crippen molar-refractivity contribution in [1.29, 1.82) is 0 Å². The van der Waals surface area contributed by atoms with E-state index in [4.69, 9.17) is 5.11 Å². The first-order valence-corrected chi connectivity index (χ1v) is 7.76. The summed E-state index contributed by atoms with van der Waals surface area (Å²) in [7, 11) is 0. The number of benzene rings is 1. The minimum absolute atomic E-state index is 0.0118. The predicted octanol–water partition coefficient (Wildman–Crippen LogP) is 2.73. The SMILES string of the molecule is CC(C)(Cc1ccccc1)C(=O)NCc1nc(C(=O)O)cs1. The molecular weight excluding hydrogens is 300 g/mol. The summed E-state index contributed by atoms with van der Waals surface area (Å²) >= 11 is 1.23. The van der Waals surface area contributed by atoms with Crippen LogP contribution in [-0.4, -0.2) is 22.0 Å². The largest absolute Gasteiger partial charge is 0.476 e. The molecule has 0 unspecified atom stereocenters. The topological polar surface area (TPSA) is 79.3 Å². The van der Waals surface area contributed by atoms with Gasteiger partial charge in [-0.25, -0.2) is 9.78 Å². The van der Waals surface area contributed by atoms with Gasteiger partial charge >= 0.3 is 5.97 Å². The lowest BCUT2D eigenvalue weighted by atomic mass is 9.85. The van der Waals surface area contributed by atoms with Crippen molar-refractivity contribution in [2.24, 2.45) is 5.41 Å². The summed E-state index contributed by atoms with van der Waals surface area (Å²) in [5.41, 5.74) is 0.566. The second-order valence-corrected chi connectivity index (χ2v) is 6.60. The molecule has 6 heteroatoms. The second-order valence-electron chi connectivity index (χ2n) is 5.66. The summed E-state index contributed by atoms with van der Waals surface area (Å²) in [5.74, 6) is -1.14. The first-order valence-electron chi connectivity index (χ1n) is 6.88. The van der Waals surface area contributed by atoms with E-state index in [1.165, 1.54) is 16.7 Å². The number of hydrogen-bond acceptors (Lipinski definition) is 4. The van der Waals surface area contributed by atoms with Crippen LogP contribution < -0.4 is 5.32 Å². The summed E-state index contributed by atoms with van der Waals surface area (Å²) in [4.78, 5) is 27.1. The van der Waals surface area contributed by atoms with Crippen molar-refractivity contribution in [3.05, 3.63) is 52.0 Å². The molecule has 0 saturated carbocycles. The van der Waals surface area contributed by atoms with Gasteiger partial charge in [-0.1, -0.05) is 44.2 Å². The minimum atomic E-state index is -1.06. The highest BCUT2D eigenvalue weighted by Crippen LogP contribution is 2.22. The molecule has 0 aliphatic heterocycles. The van der Waals surface area contributed by atoms with Crippen molar-refractivity contribution in [3.63, 3.8) is 0 Å². The van der Waals surface area contributed by atoms with Crippen LogP contribution >= 0.6 is 11.3 Å². The average Bonchev–Trinajstić information content (AvgIpc) is 2.94. The molecule has 1 amide bonds. The third-order valence-electron chi connectivity index (χ3n) is 3.27. The number of rotatable bonds is 6. The Morgan fingerprint density at radius 2 is 1.95 bits per heavy atom. The van der Waals surface area contributed by atoms with Crippen LogP contribution in [0.3, 0.4) is 0 Å². The van der Waals surface area contributed by atoms with Gasteiger partial charge < -0.3 is 10.4 Å². The molecular formula is C16H18N2O3S. The standard InChI is InChI=1S/C16H18N2O3S/c1-16(2,8-11-6-4-3-5-7-11)15(21)17-9-13-18-12(10-22-13)14(19)20/h3-7,10H,8-9H2,1-2H3,(H,17,21)(H,19,20). The van der Waals surface area contributed by atoms with Crippen LogP contribution in [0.2, 0.25) is 0 Å². The molecule has 116 valence electrons. The van der Waals surface area contributed by atoms with Gasteiger partial charge in [0.05, 0.1) is 6.54 Å². The third kappa shape index (κ3) is 4.14. The van der Waals surface area contributed by atoms with Crippen LogP contribution in [0, 0.1) is 5.41 Å². The lowest BCUT2D eigenvalue weighted by Crippen LogP contribution is -2.38. The van der Waals surface area contributed by atoms with Crippen molar-refractivity contribution in [1.82, 2.24) is 10.3 Å². The Bertz CT molecular complexity index is 665. The van der Waals surface area contributed by atoms with Crippen molar-refractivity contribution < 1.29 is 14.7 Å². The summed E-state index contributed by atoms with van der Waals surface area (Å²) in [5, 5.41) is 13.7. The van der Waals surface area contributed by atoms with Gasteiger partial charge in [0.2, 0.25) is 5.91 Å². The summed E-state index contributed by atoms with van der Waals surface area (Å²) in [6.45, 7) is 4.02. The summed E-state index contributed by atoms with van der Waals surface area (Å²) < 4.78 is 0. The molecule has 0 aliphatic carbocycles. The fourth-order valence-electron chi connectivity index (χ4n) is 2.07. The van der Waals surface area contributed by atoms with Crippen molar-refractivity contribution in [3.8, 4) is 0 Å². The second kappa shape index (κ2) is 6.70. The molecule has 2 aromatic rings. The molecule has 1 aromatic heterocycles. The fourth-order valence-corrected chi connectivity index (χ4v) is 2.78. The van der Waals surface area contributed by atoms with E-state index in [0.29, 0.717) is 11.4 Å². The van der Waals surface area contributed by atoms with E-state index in [0.717, 1.165) is 5.56 Å². The van der Waals surface area contributed by atoms with Gasteiger partial charge in [-0.3, -0.25) is 4.79 Å². The summed E-state index contributed by atoms with van der Waals surface area (Å²) in [6.07, 6.45) is 0.637. The van der Waals surface area contributed by atoms with E-state index < -0.39 is 11.4 Å². The Morgan fingerprint density at radius 1 is 1.27 bits per heavy atom. The zero-order valence-corrected chi connectivity index (χ0v) is 13.3. The van der Waals surface area contributed by atoms with E-state index in [-0.39, 0.29) is 18.1 Å². The molecule has 1 heterocycles. The number of aromatic carboxylic acids is 1. The van der Waals surface area contributed by atoms with E-state index >= 15 is 0 Å². The third-order valence-corrected chi connectivity index (χ3v) is 4.12. The number of amides is 1. The summed E-state index contributed by atoms with van der Waals surface area (Å²) in [6, 6.07) is 9.84. The Balaban J connectivity index is 1.94. The van der Waals surface area contributed by atoms with Crippen LogP contribution in [0.5, 0.6) is 0 Å². The Morgan fingerprint density at radius 3 is 2.55 bits per heavy atom. The van der Waals surface area contributed by atoms with Crippen molar-refractivity contribution in [2.75, 3.05) is 0 Å². The highest BCUT2D eigenvalue weighted by atomic mass is 32.1. The molecule has 0 atom stereocenters. The van der Waals surface area contributed by atoms with Gasteiger partial charge in [-0.05, 0) is 12.0 Å². The number of carbonyl (C=O) groups excluding carboxylic acids is 1. The number of hydrogen-bond donors (Lipinski definition) is 2. The van der Waals surface area contributed by atoms with Crippen molar-refractivity contribution >= 4 is 23.2 Å². The van der Waals surface area contributed by atoms with E-state index in [2.05, 4.69) is 10.3 Å². The molecule has 5 nitrogen and oxygen atoms in total. The maximum absolute atomic E-state index is 12.3. The zero-order chi connectivity index (χ0) is 16.2. The van der Waals surface area contributed by atoms with Gasteiger partial charge in [0.15, 0.2) is 5.69 Å². The minimum Gasteiger partial charge on any atom is -0.476 e. The van der Waals surface area contributed by atoms with Gasteiger partial charge in [-0.2, -0.15) is 0 Å². The lowest BCUT2D eigenvalue weighted by Gasteiger charge is -2.23. The predicted molar refractivity (Wildman–Crippen MR) is 84.8 cm³/mol. The van der Waals surface area contributed by atoms with Gasteiger partial charge in [0, 0.05) is 10.8 Å². The smallest absolute Gasteiger partial charge is 0.355 e. The normalized spacial score (nSPS) is 11.2. The molecule has 2 N–H and O–H groups in total. The zero-order valence-electron chi connectivity index (χ0n) is 12.5. The number of carboxylic acids is 1. The van der Waals surface area contributed by atoms with Crippen LogP contribution in [0.1, 0.15) is 34.9 Å². The van der Waals surface area contributed by atoms with E-state index in [1.807, 2.05) is 44.2 Å². The van der Waals surface area contributed by atoms with E-state index in [1.54, 1.807) is 0 Å². The average molecular weight is 318 g/mol. The number of carboxylic acid groups (broad SMARTS) is 1. The molecule has 22 heavy (non-hydrogen) atoms. The number of nitrogens with zero attached hydrogens (tertiary/aromatic N) is 1. The maximum Gasteiger partial charge on any atom is 0.355 e. The highest BCUT2D eigenvalue weighted by molar-refractivity contribution is 7.09. The first kappa shape index (κ1) is 16.2. The number of aromatic nitrogens is 1. The lowest BCUT2D eigenvalue weighted by molar-refractivity contribution is -0.129. The Hall–Kier alpha value is -2.21. The molecule has 0 aliphatic rings. The van der Waals surface area contributed by atoms with Gasteiger partial charge in [-0.15, -0.1) is 11.3 Å². The van der Waals surface area contributed by atoms with Crippen molar-refractivity contribution in [2.45, 2.75) is 26.8 Å². The first-order chi connectivity index (χ1) is 10.4. The molecule has 0 fully saturated rings. The Labute approximate surface area is 133 Å². The quantitative estimate of drug-likeness (QED) is 0.858. The van der Waals surface area contributed by atoms with Crippen LogP contribution in [-0.2, 0) is 17.8 Å².